The highest BCUT2D eigenvalue weighted by Gasteiger charge is 2.32. The van der Waals surface area contributed by atoms with E-state index >= 15 is 0 Å². The maximum absolute atomic E-state index is 13.4. The molecule has 3 aromatic rings. The fourth-order valence-corrected chi connectivity index (χ4v) is 5.78. The zero-order valence-corrected chi connectivity index (χ0v) is 20.8. The van der Waals surface area contributed by atoms with Crippen molar-refractivity contribution in [2.45, 2.75) is 48.9 Å². The van der Waals surface area contributed by atoms with Crippen LogP contribution in [0.3, 0.4) is 0 Å². The number of pyridine rings is 1. The second-order valence-corrected chi connectivity index (χ2v) is 10.5. The van der Waals surface area contributed by atoms with Gasteiger partial charge in [-0.3, -0.25) is 18.9 Å². The summed E-state index contributed by atoms with van der Waals surface area (Å²) in [5.74, 6) is -0.131. The molecule has 1 aliphatic heterocycles. The molecule has 1 aromatic carbocycles. The summed E-state index contributed by atoms with van der Waals surface area (Å²) in [6, 6.07) is 15.2. The lowest BCUT2D eigenvalue weighted by Crippen LogP contribution is -2.29. The minimum absolute atomic E-state index is 0.131. The molecule has 0 N–H and O–H groups in total. The first-order valence-electron chi connectivity index (χ1n) is 11.1. The van der Waals surface area contributed by atoms with E-state index in [0.717, 1.165) is 17.7 Å². The van der Waals surface area contributed by atoms with Gasteiger partial charge in [0.1, 0.15) is 15.0 Å². The van der Waals surface area contributed by atoms with Crippen molar-refractivity contribution in [1.82, 2.24) is 14.3 Å². The third-order valence-corrected chi connectivity index (χ3v) is 7.72. The number of thiocarbonyl (C=S) groups is 1. The Labute approximate surface area is 207 Å². The van der Waals surface area contributed by atoms with Crippen LogP contribution in [0.1, 0.15) is 44.6 Å². The molecule has 4 rings (SSSR count). The van der Waals surface area contributed by atoms with E-state index in [4.69, 9.17) is 17.2 Å². The molecule has 3 heterocycles. The molecule has 2 aromatic heterocycles. The number of unbranched alkanes of at least 4 members (excludes halogenated alkanes) is 4. The van der Waals surface area contributed by atoms with Gasteiger partial charge in [0.25, 0.3) is 11.5 Å². The molecule has 0 atom stereocenters. The van der Waals surface area contributed by atoms with Crippen LogP contribution in [0.5, 0.6) is 0 Å². The van der Waals surface area contributed by atoms with Gasteiger partial charge < -0.3 is 0 Å². The van der Waals surface area contributed by atoms with E-state index in [2.05, 4.69) is 6.92 Å². The van der Waals surface area contributed by atoms with Crippen molar-refractivity contribution < 1.29 is 4.79 Å². The SMILES string of the molecule is CCCCCCCN1C(=O)/C(=C\c2c(Sc3ccccc3)nc3ccccn3c2=O)SC1=S. The number of aromatic nitrogens is 2. The van der Waals surface area contributed by atoms with Gasteiger partial charge in [0.05, 0.1) is 10.5 Å². The van der Waals surface area contributed by atoms with Gasteiger partial charge in [-0.25, -0.2) is 4.98 Å². The molecular formula is C25H25N3O2S3. The first-order chi connectivity index (χ1) is 16.1. The fraction of sp³-hybridized carbons (Fsp3) is 0.280. The van der Waals surface area contributed by atoms with Crippen molar-refractivity contribution >= 4 is 57.7 Å². The van der Waals surface area contributed by atoms with Gasteiger partial charge in [0, 0.05) is 17.6 Å². The molecule has 0 bridgehead atoms. The Morgan fingerprint density at radius 1 is 1.03 bits per heavy atom. The highest BCUT2D eigenvalue weighted by Crippen LogP contribution is 2.35. The Morgan fingerprint density at radius 2 is 1.79 bits per heavy atom. The van der Waals surface area contributed by atoms with Gasteiger partial charge in [0.15, 0.2) is 0 Å². The third-order valence-electron chi connectivity index (χ3n) is 5.33. The van der Waals surface area contributed by atoms with Crippen LogP contribution in [0.4, 0.5) is 0 Å². The summed E-state index contributed by atoms with van der Waals surface area (Å²) in [4.78, 5) is 34.3. The van der Waals surface area contributed by atoms with E-state index in [1.165, 1.54) is 47.2 Å². The number of fused-ring (bicyclic) bond motifs is 1. The summed E-state index contributed by atoms with van der Waals surface area (Å²) in [6.45, 7) is 2.80. The molecule has 5 nitrogen and oxygen atoms in total. The van der Waals surface area contributed by atoms with Crippen molar-refractivity contribution in [2.75, 3.05) is 6.54 Å². The first-order valence-corrected chi connectivity index (χ1v) is 13.1. The maximum Gasteiger partial charge on any atom is 0.266 e. The minimum atomic E-state index is -0.205. The van der Waals surface area contributed by atoms with Crippen molar-refractivity contribution in [3.63, 3.8) is 0 Å². The van der Waals surface area contributed by atoms with Gasteiger partial charge in [-0.2, -0.15) is 0 Å². The van der Waals surface area contributed by atoms with E-state index in [0.29, 0.717) is 32.0 Å². The Morgan fingerprint density at radius 3 is 2.58 bits per heavy atom. The summed E-state index contributed by atoms with van der Waals surface area (Å²) >= 11 is 8.15. The summed E-state index contributed by atoms with van der Waals surface area (Å²) < 4.78 is 2.06. The Bertz CT molecular complexity index is 1250. The molecular weight excluding hydrogens is 470 g/mol. The predicted octanol–water partition coefficient (Wildman–Crippen LogP) is 6.02. The van der Waals surface area contributed by atoms with E-state index in [1.54, 1.807) is 29.3 Å². The van der Waals surface area contributed by atoms with Gasteiger partial charge in [-0.15, -0.1) is 0 Å². The van der Waals surface area contributed by atoms with Crippen LogP contribution in [-0.4, -0.2) is 31.1 Å². The number of nitrogens with zero attached hydrogens (tertiary/aromatic N) is 3. The van der Waals surface area contributed by atoms with E-state index < -0.39 is 0 Å². The summed E-state index contributed by atoms with van der Waals surface area (Å²) in [5.41, 5.74) is 0.762. The number of carbonyl (C=O) groups excluding carboxylic acids is 1. The van der Waals surface area contributed by atoms with Crippen LogP contribution in [0.2, 0.25) is 0 Å². The van der Waals surface area contributed by atoms with Crippen molar-refractivity contribution in [1.29, 1.82) is 0 Å². The molecule has 1 amide bonds. The molecule has 8 heteroatoms. The fourth-order valence-electron chi connectivity index (χ4n) is 3.58. The van der Waals surface area contributed by atoms with Gasteiger partial charge >= 0.3 is 0 Å². The quantitative estimate of drug-likeness (QED) is 0.157. The van der Waals surface area contributed by atoms with Crippen molar-refractivity contribution in [2.24, 2.45) is 0 Å². The molecule has 0 unspecified atom stereocenters. The average molecular weight is 496 g/mol. The first kappa shape index (κ1) is 23.7. The molecule has 1 aliphatic rings. The molecule has 0 spiro atoms. The summed E-state index contributed by atoms with van der Waals surface area (Å²) in [7, 11) is 0. The number of amides is 1. The van der Waals surface area contributed by atoms with E-state index in [1.807, 2.05) is 36.4 Å². The highest BCUT2D eigenvalue weighted by molar-refractivity contribution is 8.26. The number of hydrogen-bond acceptors (Lipinski definition) is 6. The monoisotopic (exact) mass is 495 g/mol. The number of hydrogen-bond donors (Lipinski definition) is 0. The minimum Gasteiger partial charge on any atom is -0.293 e. The molecule has 1 saturated heterocycles. The van der Waals surface area contributed by atoms with E-state index in [9.17, 15) is 9.59 Å². The van der Waals surface area contributed by atoms with Gasteiger partial charge in [-0.05, 0) is 36.8 Å². The van der Waals surface area contributed by atoms with Crippen LogP contribution in [-0.2, 0) is 4.79 Å². The van der Waals surface area contributed by atoms with Crippen LogP contribution in [0.25, 0.3) is 11.7 Å². The number of rotatable bonds is 9. The molecule has 1 fully saturated rings. The Balaban J connectivity index is 1.66. The third kappa shape index (κ3) is 5.57. The second kappa shape index (κ2) is 11.1. The van der Waals surface area contributed by atoms with Crippen LogP contribution in [0, 0.1) is 0 Å². The Hall–Kier alpha value is -2.42. The zero-order valence-electron chi connectivity index (χ0n) is 18.4. The van der Waals surface area contributed by atoms with Crippen molar-refractivity contribution in [3.05, 3.63) is 75.6 Å². The van der Waals surface area contributed by atoms with E-state index in [-0.39, 0.29) is 11.5 Å². The largest absolute Gasteiger partial charge is 0.293 e. The lowest BCUT2D eigenvalue weighted by atomic mass is 10.1. The topological polar surface area (TPSA) is 54.7 Å². The average Bonchev–Trinajstić information content (AvgIpc) is 3.09. The number of benzene rings is 1. The van der Waals surface area contributed by atoms with Gasteiger partial charge in [0.2, 0.25) is 0 Å². The highest BCUT2D eigenvalue weighted by atomic mass is 32.2. The van der Waals surface area contributed by atoms with Crippen LogP contribution in [0.15, 0.2) is 74.3 Å². The Kier molecular flexibility index (Phi) is 8.01. The lowest BCUT2D eigenvalue weighted by Gasteiger charge is -2.14. The van der Waals surface area contributed by atoms with Crippen molar-refractivity contribution in [3.8, 4) is 0 Å². The maximum atomic E-state index is 13.4. The molecule has 33 heavy (non-hydrogen) atoms. The van der Waals surface area contributed by atoms with Crippen LogP contribution >= 0.6 is 35.7 Å². The molecule has 0 radical (unpaired) electrons. The number of carbonyl (C=O) groups is 1. The number of thioether (sulfide) groups is 1. The summed E-state index contributed by atoms with van der Waals surface area (Å²) in [5, 5.41) is 0.572. The molecule has 170 valence electrons. The normalized spacial score (nSPS) is 15.2. The van der Waals surface area contributed by atoms with Crippen LogP contribution < -0.4 is 5.56 Å². The molecule has 0 saturated carbocycles. The van der Waals surface area contributed by atoms with Gasteiger partial charge in [-0.1, -0.05) is 92.6 Å². The standard InChI is InChI=1S/C25H25N3O2S3/c1-2-3-4-5-10-16-28-24(30)20(33-25(28)31)17-19-22(32-18-12-7-6-8-13-18)26-21-14-9-11-15-27(21)23(19)29/h6-9,11-15,17H,2-5,10,16H2,1H3/b20-17+. The second-order valence-electron chi connectivity index (χ2n) is 7.73. The molecule has 0 aliphatic carbocycles. The summed E-state index contributed by atoms with van der Waals surface area (Å²) in [6.07, 6.45) is 8.92. The predicted molar refractivity (Wildman–Crippen MR) is 141 cm³/mol. The zero-order chi connectivity index (χ0) is 23.2. The smallest absolute Gasteiger partial charge is 0.266 e. The lowest BCUT2D eigenvalue weighted by molar-refractivity contribution is -0.122.